The molecule has 0 heterocycles. The summed E-state index contributed by atoms with van der Waals surface area (Å²) in [6, 6.07) is 15.2. The smallest absolute Gasteiger partial charge is 0.261 e. The number of anilines is 3. The molecule has 0 radical (unpaired) electrons. The molecule has 3 rings (SSSR count). The van der Waals surface area contributed by atoms with E-state index in [0.29, 0.717) is 27.6 Å². The molecule has 0 bridgehead atoms. The first-order valence-corrected chi connectivity index (χ1v) is 13.4. The molecule has 0 saturated carbocycles. The summed E-state index contributed by atoms with van der Waals surface area (Å²) < 4.78 is 53.3. The van der Waals surface area contributed by atoms with Crippen LogP contribution in [0.2, 0.25) is 5.02 Å². The summed E-state index contributed by atoms with van der Waals surface area (Å²) in [5, 5.41) is 3.07. The molecule has 0 atom stereocenters. The number of sulfonamides is 2. The van der Waals surface area contributed by atoms with Crippen LogP contribution in [0.25, 0.3) is 0 Å². The zero-order valence-electron chi connectivity index (χ0n) is 18.0. The Bertz CT molecular complexity index is 1420. The zero-order chi connectivity index (χ0) is 24.4. The summed E-state index contributed by atoms with van der Waals surface area (Å²) in [6.07, 6.45) is 1.03. The van der Waals surface area contributed by atoms with E-state index in [-0.39, 0.29) is 10.5 Å². The number of carbonyl (C=O) groups excluding carboxylic acids is 1. The van der Waals surface area contributed by atoms with Crippen molar-refractivity contribution in [3.05, 3.63) is 82.4 Å². The van der Waals surface area contributed by atoms with Crippen LogP contribution in [0.5, 0.6) is 0 Å². The van der Waals surface area contributed by atoms with E-state index in [0.717, 1.165) is 11.8 Å². The van der Waals surface area contributed by atoms with Crippen molar-refractivity contribution in [1.29, 1.82) is 0 Å². The van der Waals surface area contributed by atoms with Gasteiger partial charge in [-0.3, -0.25) is 14.2 Å². The van der Waals surface area contributed by atoms with E-state index >= 15 is 0 Å². The van der Waals surface area contributed by atoms with Crippen molar-refractivity contribution in [2.45, 2.75) is 18.7 Å². The van der Waals surface area contributed by atoms with Crippen LogP contribution >= 0.6 is 11.6 Å². The maximum atomic E-state index is 12.7. The summed E-state index contributed by atoms with van der Waals surface area (Å²) >= 11 is 5.95. The van der Waals surface area contributed by atoms with Crippen molar-refractivity contribution < 1.29 is 21.6 Å². The van der Waals surface area contributed by atoms with E-state index in [1.807, 2.05) is 0 Å². The molecule has 0 unspecified atom stereocenters. The van der Waals surface area contributed by atoms with Gasteiger partial charge in [-0.25, -0.2) is 16.8 Å². The highest BCUT2D eigenvalue weighted by Gasteiger charge is 2.16. The highest BCUT2D eigenvalue weighted by atomic mass is 35.5. The summed E-state index contributed by atoms with van der Waals surface area (Å²) in [7, 11) is -7.36. The molecule has 0 fully saturated rings. The average molecular weight is 508 g/mol. The van der Waals surface area contributed by atoms with Crippen molar-refractivity contribution >= 4 is 54.6 Å². The number of aryl methyl sites for hydroxylation is 2. The lowest BCUT2D eigenvalue weighted by molar-refractivity contribution is 0.102. The van der Waals surface area contributed by atoms with Crippen LogP contribution in [0.1, 0.15) is 21.5 Å². The lowest BCUT2D eigenvalue weighted by Crippen LogP contribution is -2.15. The first-order valence-electron chi connectivity index (χ1n) is 9.63. The average Bonchev–Trinajstić information content (AvgIpc) is 2.71. The van der Waals surface area contributed by atoms with Crippen molar-refractivity contribution in [2.24, 2.45) is 0 Å². The quantitative estimate of drug-likeness (QED) is 0.438. The van der Waals surface area contributed by atoms with Gasteiger partial charge in [-0.05, 0) is 73.5 Å². The number of halogens is 1. The van der Waals surface area contributed by atoms with Gasteiger partial charge < -0.3 is 5.32 Å². The molecule has 1 amide bonds. The van der Waals surface area contributed by atoms with Crippen LogP contribution in [0, 0.1) is 13.8 Å². The molecule has 8 nitrogen and oxygen atoms in total. The molecule has 0 aliphatic carbocycles. The second-order valence-corrected chi connectivity index (χ2v) is 11.3. The van der Waals surface area contributed by atoms with Crippen LogP contribution in [-0.2, 0) is 20.0 Å². The van der Waals surface area contributed by atoms with E-state index in [1.54, 1.807) is 38.1 Å². The van der Waals surface area contributed by atoms with E-state index in [9.17, 15) is 21.6 Å². The molecule has 0 aromatic heterocycles. The first kappa shape index (κ1) is 24.6. The van der Waals surface area contributed by atoms with Gasteiger partial charge in [0.15, 0.2) is 0 Å². The minimum absolute atomic E-state index is 0.00912. The number of rotatable bonds is 7. The maximum absolute atomic E-state index is 12.7. The third-order valence-corrected chi connectivity index (χ3v) is 6.87. The fraction of sp³-hybridized carbons (Fsp3) is 0.136. The number of hydrogen-bond donors (Lipinski definition) is 3. The molecular formula is C22H22ClN3O5S2. The number of amides is 1. The number of hydrogen-bond acceptors (Lipinski definition) is 5. The molecule has 0 spiro atoms. The third kappa shape index (κ3) is 6.47. The molecule has 33 heavy (non-hydrogen) atoms. The van der Waals surface area contributed by atoms with Gasteiger partial charge in [-0.15, -0.1) is 0 Å². The minimum atomic E-state index is -3.86. The normalized spacial score (nSPS) is 11.6. The molecule has 3 N–H and O–H groups in total. The fourth-order valence-corrected chi connectivity index (χ4v) is 4.81. The van der Waals surface area contributed by atoms with Gasteiger partial charge in [-0.2, -0.15) is 0 Å². The van der Waals surface area contributed by atoms with Gasteiger partial charge in [0.1, 0.15) is 0 Å². The Hall–Kier alpha value is -3.08. The van der Waals surface area contributed by atoms with Gasteiger partial charge in [0, 0.05) is 16.3 Å². The Balaban J connectivity index is 1.76. The summed E-state index contributed by atoms with van der Waals surface area (Å²) in [5.41, 5.74) is 2.66. The van der Waals surface area contributed by atoms with Gasteiger partial charge in [0.2, 0.25) is 10.0 Å². The molecule has 0 aliphatic rings. The Kier molecular flexibility index (Phi) is 7.01. The lowest BCUT2D eigenvalue weighted by atomic mass is 10.1. The highest BCUT2D eigenvalue weighted by Crippen LogP contribution is 2.24. The van der Waals surface area contributed by atoms with Gasteiger partial charge in [0.25, 0.3) is 15.9 Å². The monoisotopic (exact) mass is 507 g/mol. The fourth-order valence-electron chi connectivity index (χ4n) is 2.90. The predicted molar refractivity (Wildman–Crippen MR) is 131 cm³/mol. The lowest BCUT2D eigenvalue weighted by Gasteiger charge is -2.12. The summed E-state index contributed by atoms with van der Waals surface area (Å²) in [4.78, 5) is 12.6. The van der Waals surface area contributed by atoms with Crippen molar-refractivity contribution in [1.82, 2.24) is 0 Å². The highest BCUT2D eigenvalue weighted by molar-refractivity contribution is 7.92. The topological polar surface area (TPSA) is 121 Å². The standard InChI is InChI=1S/C22H22ClN3O5S2/c1-14-4-6-16(12-20(14)25-32(3,28)29)22(27)24-18-8-10-19(11-9-18)33(30,31)26-21-13-17(23)7-5-15(21)2/h4-13,25-26H,1-3H3,(H,24,27). The molecule has 11 heteroatoms. The van der Waals surface area contributed by atoms with E-state index in [1.165, 1.54) is 36.4 Å². The molecule has 0 aliphatic heterocycles. The Labute approximate surface area is 198 Å². The van der Waals surface area contributed by atoms with Crippen LogP contribution < -0.4 is 14.8 Å². The van der Waals surface area contributed by atoms with Crippen LogP contribution in [-0.4, -0.2) is 29.0 Å². The van der Waals surface area contributed by atoms with Crippen LogP contribution in [0.3, 0.4) is 0 Å². The summed E-state index contributed by atoms with van der Waals surface area (Å²) in [5.74, 6) is -0.477. The second-order valence-electron chi connectivity index (χ2n) is 7.45. The van der Waals surface area contributed by atoms with E-state index < -0.39 is 26.0 Å². The van der Waals surface area contributed by atoms with Crippen molar-refractivity contribution in [3.63, 3.8) is 0 Å². The molecule has 3 aromatic carbocycles. The van der Waals surface area contributed by atoms with Gasteiger partial charge in [-0.1, -0.05) is 23.7 Å². The summed E-state index contributed by atoms with van der Waals surface area (Å²) in [6.45, 7) is 3.47. The van der Waals surface area contributed by atoms with E-state index in [4.69, 9.17) is 11.6 Å². The Morgan fingerprint density at radius 1 is 0.788 bits per heavy atom. The molecule has 0 saturated heterocycles. The van der Waals surface area contributed by atoms with Gasteiger partial charge in [0.05, 0.1) is 22.5 Å². The largest absolute Gasteiger partial charge is 0.322 e. The SMILES string of the molecule is Cc1ccc(C(=O)Nc2ccc(S(=O)(=O)Nc3cc(Cl)ccc3C)cc2)cc1NS(C)(=O)=O. The Morgan fingerprint density at radius 2 is 1.36 bits per heavy atom. The maximum Gasteiger partial charge on any atom is 0.261 e. The first-order chi connectivity index (χ1) is 15.3. The van der Waals surface area contributed by atoms with Crippen LogP contribution in [0.4, 0.5) is 17.1 Å². The Morgan fingerprint density at radius 3 is 1.97 bits per heavy atom. The molecular weight excluding hydrogens is 486 g/mol. The third-order valence-electron chi connectivity index (χ3n) is 4.66. The predicted octanol–water partition coefficient (Wildman–Crippen LogP) is 4.38. The zero-order valence-corrected chi connectivity index (χ0v) is 20.4. The number of nitrogens with one attached hydrogen (secondary N) is 3. The number of benzene rings is 3. The minimum Gasteiger partial charge on any atom is -0.322 e. The molecule has 3 aromatic rings. The second kappa shape index (κ2) is 9.42. The molecule has 174 valence electrons. The van der Waals surface area contributed by atoms with Crippen LogP contribution in [0.15, 0.2) is 65.6 Å². The van der Waals surface area contributed by atoms with Crippen molar-refractivity contribution in [3.8, 4) is 0 Å². The van der Waals surface area contributed by atoms with E-state index in [2.05, 4.69) is 14.8 Å². The number of carbonyl (C=O) groups is 1. The van der Waals surface area contributed by atoms with Gasteiger partial charge >= 0.3 is 0 Å². The van der Waals surface area contributed by atoms with Crippen molar-refractivity contribution in [2.75, 3.05) is 21.0 Å².